The van der Waals surface area contributed by atoms with Crippen LogP contribution in [0.1, 0.15) is 57.1 Å². The molecule has 0 spiro atoms. The zero-order valence-electron chi connectivity index (χ0n) is 13.8. The van der Waals surface area contributed by atoms with Crippen molar-refractivity contribution < 1.29 is 0 Å². The molecule has 3 atom stereocenters. The lowest BCUT2D eigenvalue weighted by atomic mass is 9.72. The summed E-state index contributed by atoms with van der Waals surface area (Å²) in [6, 6.07) is 10.2. The van der Waals surface area contributed by atoms with Gasteiger partial charge in [-0.05, 0) is 74.0 Å². The number of benzene rings is 1. The van der Waals surface area contributed by atoms with Crippen molar-refractivity contribution in [2.75, 3.05) is 6.54 Å². The zero-order valence-corrected chi connectivity index (χ0v) is 13.8. The van der Waals surface area contributed by atoms with Crippen LogP contribution >= 0.6 is 0 Å². The molecule has 2 fully saturated rings. The molecule has 1 aromatic carbocycles. The van der Waals surface area contributed by atoms with Crippen molar-refractivity contribution in [1.29, 1.82) is 0 Å². The van der Waals surface area contributed by atoms with Crippen LogP contribution < -0.4 is 5.32 Å². The fraction of sp³-hybridized carbons (Fsp3) is 0.700. The minimum absolute atomic E-state index is 0.855. The van der Waals surface area contributed by atoms with Crippen molar-refractivity contribution in [2.24, 2.45) is 17.8 Å². The molecule has 1 N–H and O–H groups in total. The molecule has 0 heterocycles. The summed E-state index contributed by atoms with van der Waals surface area (Å²) in [7, 11) is 0. The Morgan fingerprint density at radius 1 is 0.952 bits per heavy atom. The molecular weight excluding hydrogens is 254 g/mol. The summed E-state index contributed by atoms with van der Waals surface area (Å²) in [5.74, 6) is 2.70. The van der Waals surface area contributed by atoms with Gasteiger partial charge in [0.05, 0.1) is 0 Å². The van der Waals surface area contributed by atoms with Crippen molar-refractivity contribution in [2.45, 2.75) is 64.8 Å². The molecular formula is C20H31N. The standard InChI is InChI=1S/C20H31N/c1-3-16-5-7-17(8-6-16)13-19-12-15(2)4-9-18(19)14-21-20-10-11-20/h5-8,15,18-21H,3-4,9-14H2,1-2H3. The van der Waals surface area contributed by atoms with Crippen LogP contribution in [0.15, 0.2) is 24.3 Å². The monoisotopic (exact) mass is 285 g/mol. The zero-order chi connectivity index (χ0) is 14.7. The van der Waals surface area contributed by atoms with E-state index in [2.05, 4.69) is 43.4 Å². The van der Waals surface area contributed by atoms with Crippen LogP contribution in [-0.4, -0.2) is 12.6 Å². The molecule has 3 unspecified atom stereocenters. The number of nitrogens with one attached hydrogen (secondary N) is 1. The Labute approximate surface area is 130 Å². The van der Waals surface area contributed by atoms with E-state index in [1.165, 1.54) is 50.6 Å². The minimum atomic E-state index is 0.855. The number of aryl methyl sites for hydroxylation is 1. The Bertz CT molecular complexity index is 432. The molecule has 0 amide bonds. The average molecular weight is 285 g/mol. The highest BCUT2D eigenvalue weighted by atomic mass is 14.9. The summed E-state index contributed by atoms with van der Waals surface area (Å²) < 4.78 is 0. The van der Waals surface area contributed by atoms with Crippen LogP contribution in [0, 0.1) is 17.8 Å². The predicted molar refractivity (Wildman–Crippen MR) is 90.5 cm³/mol. The Balaban J connectivity index is 1.60. The molecule has 0 aliphatic heterocycles. The van der Waals surface area contributed by atoms with Gasteiger partial charge in [-0.15, -0.1) is 0 Å². The topological polar surface area (TPSA) is 12.0 Å². The maximum absolute atomic E-state index is 3.78. The van der Waals surface area contributed by atoms with Gasteiger partial charge in [0.2, 0.25) is 0 Å². The van der Waals surface area contributed by atoms with Gasteiger partial charge in [0.15, 0.2) is 0 Å². The van der Waals surface area contributed by atoms with Crippen molar-refractivity contribution >= 4 is 0 Å². The van der Waals surface area contributed by atoms with E-state index in [0.717, 1.165) is 30.2 Å². The highest BCUT2D eigenvalue weighted by molar-refractivity contribution is 5.23. The molecule has 1 heteroatoms. The lowest BCUT2D eigenvalue weighted by Crippen LogP contribution is -2.34. The molecule has 116 valence electrons. The van der Waals surface area contributed by atoms with Crippen molar-refractivity contribution in [3.8, 4) is 0 Å². The number of hydrogen-bond donors (Lipinski definition) is 1. The van der Waals surface area contributed by atoms with Gasteiger partial charge in [-0.3, -0.25) is 0 Å². The molecule has 0 saturated heterocycles. The van der Waals surface area contributed by atoms with E-state index in [1.807, 2.05) is 0 Å². The quantitative estimate of drug-likeness (QED) is 0.805. The van der Waals surface area contributed by atoms with Gasteiger partial charge in [0.25, 0.3) is 0 Å². The van der Waals surface area contributed by atoms with Crippen molar-refractivity contribution in [1.82, 2.24) is 5.32 Å². The van der Waals surface area contributed by atoms with Gasteiger partial charge in [0, 0.05) is 6.04 Å². The Hall–Kier alpha value is -0.820. The maximum atomic E-state index is 3.78. The molecule has 0 aromatic heterocycles. The summed E-state index contributed by atoms with van der Waals surface area (Å²) >= 11 is 0. The SMILES string of the molecule is CCc1ccc(CC2CC(C)CCC2CNC2CC2)cc1. The van der Waals surface area contributed by atoms with Crippen LogP contribution in [0.2, 0.25) is 0 Å². The molecule has 21 heavy (non-hydrogen) atoms. The molecule has 1 nitrogen and oxygen atoms in total. The largest absolute Gasteiger partial charge is 0.314 e. The van der Waals surface area contributed by atoms with E-state index in [-0.39, 0.29) is 0 Å². The van der Waals surface area contributed by atoms with E-state index < -0.39 is 0 Å². The van der Waals surface area contributed by atoms with E-state index in [0.29, 0.717) is 0 Å². The first-order chi connectivity index (χ1) is 10.2. The third-order valence-electron chi connectivity index (χ3n) is 5.58. The maximum Gasteiger partial charge on any atom is 0.00683 e. The second-order valence-electron chi connectivity index (χ2n) is 7.50. The Morgan fingerprint density at radius 3 is 2.33 bits per heavy atom. The summed E-state index contributed by atoms with van der Waals surface area (Å²) in [6.45, 7) is 5.93. The highest BCUT2D eigenvalue weighted by Crippen LogP contribution is 2.36. The van der Waals surface area contributed by atoms with E-state index >= 15 is 0 Å². The third kappa shape index (κ3) is 4.32. The minimum Gasteiger partial charge on any atom is -0.314 e. The average Bonchev–Trinajstić information content (AvgIpc) is 3.31. The smallest absolute Gasteiger partial charge is 0.00683 e. The third-order valence-corrected chi connectivity index (χ3v) is 5.58. The van der Waals surface area contributed by atoms with Gasteiger partial charge in [-0.1, -0.05) is 44.5 Å². The van der Waals surface area contributed by atoms with Gasteiger partial charge >= 0.3 is 0 Å². The summed E-state index contributed by atoms with van der Waals surface area (Å²) in [5, 5.41) is 3.78. The molecule has 3 rings (SSSR count). The molecule has 0 bridgehead atoms. The molecule has 0 radical (unpaired) electrons. The van der Waals surface area contributed by atoms with E-state index in [9.17, 15) is 0 Å². The predicted octanol–water partition coefficient (Wildman–Crippen LogP) is 4.60. The van der Waals surface area contributed by atoms with Crippen LogP contribution in [0.3, 0.4) is 0 Å². The van der Waals surface area contributed by atoms with Gasteiger partial charge < -0.3 is 5.32 Å². The molecule has 2 aliphatic rings. The summed E-state index contributed by atoms with van der Waals surface area (Å²) in [4.78, 5) is 0. The molecule has 1 aromatic rings. The fourth-order valence-electron chi connectivity index (χ4n) is 3.90. The molecule has 2 saturated carbocycles. The first-order valence-corrected chi connectivity index (χ1v) is 9.05. The lowest BCUT2D eigenvalue weighted by Gasteiger charge is -2.35. The van der Waals surface area contributed by atoms with Crippen LogP contribution in [0.5, 0.6) is 0 Å². The Kier molecular flexibility index (Phi) is 5.00. The van der Waals surface area contributed by atoms with Crippen molar-refractivity contribution in [3.05, 3.63) is 35.4 Å². The van der Waals surface area contributed by atoms with Gasteiger partial charge in [-0.25, -0.2) is 0 Å². The lowest BCUT2D eigenvalue weighted by molar-refractivity contribution is 0.183. The first kappa shape index (κ1) is 15.1. The Morgan fingerprint density at radius 2 is 1.67 bits per heavy atom. The van der Waals surface area contributed by atoms with Gasteiger partial charge in [0.1, 0.15) is 0 Å². The second kappa shape index (κ2) is 6.96. The van der Waals surface area contributed by atoms with E-state index in [4.69, 9.17) is 0 Å². The fourth-order valence-corrected chi connectivity index (χ4v) is 3.90. The van der Waals surface area contributed by atoms with Crippen LogP contribution in [-0.2, 0) is 12.8 Å². The second-order valence-corrected chi connectivity index (χ2v) is 7.50. The number of hydrogen-bond acceptors (Lipinski definition) is 1. The summed E-state index contributed by atoms with van der Waals surface area (Å²) in [6.07, 6.45) is 9.53. The summed E-state index contributed by atoms with van der Waals surface area (Å²) in [5.41, 5.74) is 3.01. The van der Waals surface area contributed by atoms with E-state index in [1.54, 1.807) is 5.56 Å². The van der Waals surface area contributed by atoms with Crippen molar-refractivity contribution in [3.63, 3.8) is 0 Å². The van der Waals surface area contributed by atoms with Crippen LogP contribution in [0.4, 0.5) is 0 Å². The normalized spacial score (nSPS) is 29.5. The highest BCUT2D eigenvalue weighted by Gasteiger charge is 2.30. The first-order valence-electron chi connectivity index (χ1n) is 9.05. The number of rotatable bonds is 6. The molecule has 2 aliphatic carbocycles. The van der Waals surface area contributed by atoms with Gasteiger partial charge in [-0.2, -0.15) is 0 Å². The van der Waals surface area contributed by atoms with Crippen LogP contribution in [0.25, 0.3) is 0 Å².